The van der Waals surface area contributed by atoms with Crippen LogP contribution in [-0.4, -0.2) is 24.6 Å². The summed E-state index contributed by atoms with van der Waals surface area (Å²) in [5.41, 5.74) is 3.72. The molecule has 0 saturated heterocycles. The molecule has 0 spiro atoms. The van der Waals surface area contributed by atoms with E-state index in [1.165, 1.54) is 0 Å². The third kappa shape index (κ3) is 4.85. The first-order valence-corrected chi connectivity index (χ1v) is 10.3. The predicted molar refractivity (Wildman–Crippen MR) is 120 cm³/mol. The minimum Gasteiger partial charge on any atom is -0.497 e. The summed E-state index contributed by atoms with van der Waals surface area (Å²) in [6, 6.07) is 24.9. The van der Waals surface area contributed by atoms with E-state index in [9.17, 15) is 4.79 Å². The molecule has 0 saturated carbocycles. The third-order valence-electron chi connectivity index (χ3n) is 4.40. The Kier molecular flexibility index (Phi) is 6.06. The molecular formula is C24H20N2O3S. The maximum Gasteiger partial charge on any atom is 0.262 e. The van der Waals surface area contributed by atoms with E-state index < -0.39 is 0 Å². The number of nitrogens with zero attached hydrogens (tertiary/aromatic N) is 1. The number of anilines is 1. The second-order valence-corrected chi connectivity index (χ2v) is 7.36. The summed E-state index contributed by atoms with van der Waals surface area (Å²) in [4.78, 5) is 16.9. The van der Waals surface area contributed by atoms with Gasteiger partial charge in [0.15, 0.2) is 6.61 Å². The molecule has 5 nitrogen and oxygen atoms in total. The zero-order valence-corrected chi connectivity index (χ0v) is 17.2. The number of carbonyl (C=O) groups is 1. The number of thiazole rings is 1. The normalized spacial score (nSPS) is 10.4. The second kappa shape index (κ2) is 9.24. The molecule has 0 bridgehead atoms. The molecule has 1 amide bonds. The Labute approximate surface area is 178 Å². The fourth-order valence-electron chi connectivity index (χ4n) is 2.88. The minimum atomic E-state index is -0.231. The van der Waals surface area contributed by atoms with Crippen LogP contribution >= 0.6 is 11.3 Å². The summed E-state index contributed by atoms with van der Waals surface area (Å²) in [5.74, 6) is 1.03. The number of nitrogens with one attached hydrogen (secondary N) is 1. The van der Waals surface area contributed by atoms with E-state index in [0.717, 1.165) is 21.8 Å². The van der Waals surface area contributed by atoms with Crippen molar-refractivity contribution in [2.45, 2.75) is 0 Å². The Hall–Kier alpha value is -3.64. The average Bonchev–Trinajstić information content (AvgIpc) is 3.29. The van der Waals surface area contributed by atoms with Gasteiger partial charge in [0.05, 0.1) is 12.8 Å². The molecule has 6 heteroatoms. The summed E-state index contributed by atoms with van der Waals surface area (Å²) in [6.07, 6.45) is 0. The lowest BCUT2D eigenvalue weighted by molar-refractivity contribution is -0.118. The highest BCUT2D eigenvalue weighted by molar-refractivity contribution is 7.13. The van der Waals surface area contributed by atoms with Gasteiger partial charge in [-0.3, -0.25) is 4.79 Å². The van der Waals surface area contributed by atoms with Gasteiger partial charge in [0.1, 0.15) is 16.5 Å². The highest BCUT2D eigenvalue weighted by atomic mass is 32.1. The van der Waals surface area contributed by atoms with Crippen molar-refractivity contribution < 1.29 is 14.3 Å². The van der Waals surface area contributed by atoms with Crippen LogP contribution in [0, 0.1) is 0 Å². The van der Waals surface area contributed by atoms with Gasteiger partial charge >= 0.3 is 0 Å². The fraction of sp³-hybridized carbons (Fsp3) is 0.0833. The number of amides is 1. The lowest BCUT2D eigenvalue weighted by Gasteiger charge is -2.09. The molecule has 1 N–H and O–H groups in total. The van der Waals surface area contributed by atoms with Crippen molar-refractivity contribution in [2.24, 2.45) is 0 Å². The van der Waals surface area contributed by atoms with Gasteiger partial charge in [-0.1, -0.05) is 48.5 Å². The fourth-order valence-corrected chi connectivity index (χ4v) is 3.72. The lowest BCUT2D eigenvalue weighted by atomic mass is 10.1. The van der Waals surface area contributed by atoms with Crippen LogP contribution in [0.15, 0.2) is 84.2 Å². The number of rotatable bonds is 7. The quantitative estimate of drug-likeness (QED) is 0.432. The van der Waals surface area contributed by atoms with Crippen LogP contribution in [0.2, 0.25) is 0 Å². The first kappa shape index (κ1) is 19.7. The van der Waals surface area contributed by atoms with E-state index in [2.05, 4.69) is 17.4 Å². The van der Waals surface area contributed by atoms with Crippen molar-refractivity contribution in [3.05, 3.63) is 84.2 Å². The number of carbonyl (C=O) groups excluding carboxylic acids is 1. The van der Waals surface area contributed by atoms with Crippen molar-refractivity contribution in [3.8, 4) is 33.3 Å². The van der Waals surface area contributed by atoms with Crippen molar-refractivity contribution in [1.29, 1.82) is 0 Å². The van der Waals surface area contributed by atoms with Gasteiger partial charge in [0, 0.05) is 28.3 Å². The van der Waals surface area contributed by atoms with Crippen molar-refractivity contribution in [2.75, 3.05) is 19.0 Å². The summed E-state index contributed by atoms with van der Waals surface area (Å²) in [5, 5.41) is 5.86. The number of aromatic nitrogens is 1. The van der Waals surface area contributed by atoms with E-state index >= 15 is 0 Å². The molecule has 0 unspecified atom stereocenters. The number of ether oxygens (including phenoxy) is 2. The van der Waals surface area contributed by atoms with Crippen LogP contribution in [0.5, 0.6) is 11.5 Å². The minimum absolute atomic E-state index is 0.0819. The first-order valence-electron chi connectivity index (χ1n) is 9.39. The molecule has 30 heavy (non-hydrogen) atoms. The second-order valence-electron chi connectivity index (χ2n) is 6.50. The largest absolute Gasteiger partial charge is 0.497 e. The summed E-state index contributed by atoms with van der Waals surface area (Å²) in [6.45, 7) is -0.0819. The van der Waals surface area contributed by atoms with Gasteiger partial charge < -0.3 is 14.8 Å². The Morgan fingerprint density at radius 1 is 0.933 bits per heavy atom. The van der Waals surface area contributed by atoms with E-state index in [-0.39, 0.29) is 12.5 Å². The molecule has 1 heterocycles. The maximum atomic E-state index is 12.2. The number of methoxy groups -OCH3 is 1. The molecule has 0 fully saturated rings. The molecule has 0 radical (unpaired) electrons. The SMILES string of the molecule is COc1cccc(OCC(=O)Nc2ccc(-c3csc(-c4ccccc4)n3)cc2)c1. The van der Waals surface area contributed by atoms with Crippen LogP contribution in [0.4, 0.5) is 5.69 Å². The first-order chi connectivity index (χ1) is 14.7. The highest BCUT2D eigenvalue weighted by Gasteiger charge is 2.08. The number of hydrogen-bond acceptors (Lipinski definition) is 5. The van der Waals surface area contributed by atoms with Crippen LogP contribution in [0.25, 0.3) is 21.8 Å². The summed E-state index contributed by atoms with van der Waals surface area (Å²) >= 11 is 1.61. The van der Waals surface area contributed by atoms with Crippen molar-refractivity contribution in [1.82, 2.24) is 4.98 Å². The smallest absolute Gasteiger partial charge is 0.262 e. The lowest BCUT2D eigenvalue weighted by Crippen LogP contribution is -2.20. The molecule has 0 aliphatic carbocycles. The Morgan fingerprint density at radius 2 is 1.70 bits per heavy atom. The Morgan fingerprint density at radius 3 is 2.47 bits per heavy atom. The monoisotopic (exact) mass is 416 g/mol. The van der Waals surface area contributed by atoms with E-state index in [1.54, 1.807) is 30.6 Å². The van der Waals surface area contributed by atoms with Crippen LogP contribution in [0.3, 0.4) is 0 Å². The van der Waals surface area contributed by atoms with Gasteiger partial charge in [0.2, 0.25) is 0 Å². The zero-order valence-electron chi connectivity index (χ0n) is 16.4. The number of hydrogen-bond donors (Lipinski definition) is 1. The molecular weight excluding hydrogens is 396 g/mol. The Balaban J connectivity index is 1.35. The molecule has 0 aliphatic heterocycles. The molecule has 4 aromatic rings. The number of benzene rings is 3. The zero-order chi connectivity index (χ0) is 20.8. The van der Waals surface area contributed by atoms with Crippen LogP contribution in [0.1, 0.15) is 0 Å². The molecule has 4 rings (SSSR count). The molecule has 0 aliphatic rings. The molecule has 150 valence electrons. The van der Waals surface area contributed by atoms with Gasteiger partial charge in [-0.25, -0.2) is 4.98 Å². The van der Waals surface area contributed by atoms with Gasteiger partial charge in [-0.15, -0.1) is 11.3 Å². The molecule has 1 aromatic heterocycles. The van der Waals surface area contributed by atoms with E-state index in [4.69, 9.17) is 14.5 Å². The van der Waals surface area contributed by atoms with Gasteiger partial charge in [-0.05, 0) is 24.3 Å². The molecule has 3 aromatic carbocycles. The van der Waals surface area contributed by atoms with Crippen LogP contribution in [-0.2, 0) is 4.79 Å². The highest BCUT2D eigenvalue weighted by Crippen LogP contribution is 2.29. The van der Waals surface area contributed by atoms with Gasteiger partial charge in [0.25, 0.3) is 5.91 Å². The summed E-state index contributed by atoms with van der Waals surface area (Å²) in [7, 11) is 1.59. The Bertz CT molecular complexity index is 1120. The standard InChI is InChI=1S/C24H20N2O3S/c1-28-20-8-5-9-21(14-20)29-15-23(27)25-19-12-10-17(11-13-19)22-16-30-24(26-22)18-6-3-2-4-7-18/h2-14,16H,15H2,1H3,(H,25,27). The van der Waals surface area contributed by atoms with Crippen molar-refractivity contribution in [3.63, 3.8) is 0 Å². The van der Waals surface area contributed by atoms with E-state index in [0.29, 0.717) is 17.2 Å². The topological polar surface area (TPSA) is 60.5 Å². The maximum absolute atomic E-state index is 12.2. The third-order valence-corrected chi connectivity index (χ3v) is 5.29. The van der Waals surface area contributed by atoms with E-state index in [1.807, 2.05) is 60.0 Å². The summed E-state index contributed by atoms with van der Waals surface area (Å²) < 4.78 is 10.7. The average molecular weight is 417 g/mol. The van der Waals surface area contributed by atoms with Crippen LogP contribution < -0.4 is 14.8 Å². The van der Waals surface area contributed by atoms with Crippen molar-refractivity contribution >= 4 is 22.9 Å². The predicted octanol–water partition coefficient (Wildman–Crippen LogP) is 5.50. The van der Waals surface area contributed by atoms with Gasteiger partial charge in [-0.2, -0.15) is 0 Å². The molecule has 0 atom stereocenters.